The molecule has 0 spiro atoms. The summed E-state index contributed by atoms with van der Waals surface area (Å²) in [5, 5.41) is 0. The normalized spacial score (nSPS) is 19.5. The molecule has 4 heteroatoms. The molecule has 2 aromatic rings. The first-order valence-electron chi connectivity index (χ1n) is 10.00. The molecule has 2 aromatic carbocycles. The van der Waals surface area contributed by atoms with Gasteiger partial charge >= 0.3 is 0 Å². The van der Waals surface area contributed by atoms with Crippen LogP contribution >= 0.6 is 0 Å². The van der Waals surface area contributed by atoms with Crippen LogP contribution < -0.4 is 0 Å². The Morgan fingerprint density at radius 2 is 1.31 bits per heavy atom. The third kappa shape index (κ3) is 8.94. The molecule has 0 aromatic heterocycles. The number of benzene rings is 2. The standard InChI is InChI=1S/C12H10.C6H14OSi.C4H10OSi/c1-3-7-11(8-4-1)12-9-5-2-6-10-12;1-8(2)6-4-3-5-7-8;1-2-4-6-5-3-1/h1-10H;3-6H2,1-2H3;1-4,6H2. The van der Waals surface area contributed by atoms with Gasteiger partial charge in [-0.2, -0.15) is 0 Å². The van der Waals surface area contributed by atoms with Crippen molar-refractivity contribution >= 4 is 18.1 Å². The minimum Gasteiger partial charge on any atom is -0.424 e. The van der Waals surface area contributed by atoms with Gasteiger partial charge in [0.25, 0.3) is 0 Å². The fourth-order valence-electron chi connectivity index (χ4n) is 3.02. The Morgan fingerprint density at radius 1 is 0.731 bits per heavy atom. The van der Waals surface area contributed by atoms with E-state index in [1.807, 2.05) is 12.1 Å². The Balaban J connectivity index is 0.000000151. The summed E-state index contributed by atoms with van der Waals surface area (Å²) < 4.78 is 10.8. The van der Waals surface area contributed by atoms with Crippen LogP contribution in [0.25, 0.3) is 11.1 Å². The average Bonchev–Trinajstić information content (AvgIpc) is 2.71. The van der Waals surface area contributed by atoms with Crippen LogP contribution in [-0.4, -0.2) is 31.3 Å². The van der Waals surface area contributed by atoms with Gasteiger partial charge in [-0.25, -0.2) is 0 Å². The molecule has 0 saturated carbocycles. The molecule has 0 atom stereocenters. The fraction of sp³-hybridized carbons (Fsp3) is 0.455. The molecule has 2 fully saturated rings. The molecule has 2 nitrogen and oxygen atoms in total. The maximum Gasteiger partial charge on any atom is 0.186 e. The minimum absolute atomic E-state index is 0.00849. The highest BCUT2D eigenvalue weighted by molar-refractivity contribution is 6.71. The van der Waals surface area contributed by atoms with Crippen LogP contribution in [0.3, 0.4) is 0 Å². The smallest absolute Gasteiger partial charge is 0.186 e. The van der Waals surface area contributed by atoms with Crippen LogP contribution in [0.2, 0.25) is 25.2 Å². The zero-order valence-corrected chi connectivity index (χ0v) is 18.9. The first-order valence-corrected chi connectivity index (χ1v) is 14.7. The predicted molar refractivity (Wildman–Crippen MR) is 118 cm³/mol. The molecular formula is C22H34O2Si2. The maximum atomic E-state index is 5.60. The highest BCUT2D eigenvalue weighted by atomic mass is 28.4. The zero-order valence-electron chi connectivity index (χ0n) is 16.5. The monoisotopic (exact) mass is 386 g/mol. The van der Waals surface area contributed by atoms with Crippen LogP contribution in [0.1, 0.15) is 25.7 Å². The summed E-state index contributed by atoms with van der Waals surface area (Å²) in [7, 11) is -1.08. The van der Waals surface area contributed by atoms with Crippen molar-refractivity contribution in [2.45, 2.75) is 50.9 Å². The largest absolute Gasteiger partial charge is 0.424 e. The van der Waals surface area contributed by atoms with Crippen molar-refractivity contribution in [2.75, 3.05) is 13.2 Å². The highest BCUT2D eigenvalue weighted by Gasteiger charge is 2.24. The van der Waals surface area contributed by atoms with Crippen molar-refractivity contribution in [1.82, 2.24) is 0 Å². The van der Waals surface area contributed by atoms with Gasteiger partial charge in [-0.05, 0) is 49.2 Å². The second-order valence-electron chi connectivity index (χ2n) is 7.47. The molecule has 0 unspecified atom stereocenters. The molecule has 4 rings (SSSR count). The maximum absolute atomic E-state index is 5.60. The van der Waals surface area contributed by atoms with Gasteiger partial charge in [0.05, 0.1) is 0 Å². The molecule has 0 aliphatic carbocycles. The second-order valence-corrected chi connectivity index (χ2v) is 13.3. The Morgan fingerprint density at radius 3 is 1.58 bits per heavy atom. The SMILES string of the molecule is C1CC[SiH2]OC1.C[Si]1(C)CCCCO1.c1ccc(-c2ccccc2)cc1. The summed E-state index contributed by atoms with van der Waals surface area (Å²) in [6, 6.07) is 23.6. The first kappa shape index (κ1) is 21.1. The molecule has 0 radical (unpaired) electrons. The van der Waals surface area contributed by atoms with Crippen LogP contribution in [0.5, 0.6) is 0 Å². The van der Waals surface area contributed by atoms with Gasteiger partial charge in [0, 0.05) is 13.2 Å². The Labute approximate surface area is 163 Å². The van der Waals surface area contributed by atoms with E-state index in [9.17, 15) is 0 Å². The van der Waals surface area contributed by atoms with E-state index < -0.39 is 8.32 Å². The van der Waals surface area contributed by atoms with E-state index in [1.54, 1.807) is 0 Å². The molecule has 0 bridgehead atoms. The lowest BCUT2D eigenvalue weighted by Gasteiger charge is -2.27. The summed E-state index contributed by atoms with van der Waals surface area (Å²) in [6.45, 7) is 6.68. The summed E-state index contributed by atoms with van der Waals surface area (Å²) in [4.78, 5) is 0. The lowest BCUT2D eigenvalue weighted by atomic mass is 10.1. The lowest BCUT2D eigenvalue weighted by Crippen LogP contribution is -2.33. The van der Waals surface area contributed by atoms with Crippen molar-refractivity contribution in [3.8, 4) is 11.1 Å². The quantitative estimate of drug-likeness (QED) is 0.589. The van der Waals surface area contributed by atoms with Gasteiger partial charge in [-0.1, -0.05) is 73.5 Å². The minimum atomic E-state index is -1.09. The van der Waals surface area contributed by atoms with Gasteiger partial charge < -0.3 is 8.85 Å². The summed E-state index contributed by atoms with van der Waals surface area (Å²) in [5.41, 5.74) is 2.55. The van der Waals surface area contributed by atoms with Crippen molar-refractivity contribution in [1.29, 1.82) is 0 Å². The first-order chi connectivity index (χ1) is 12.7. The van der Waals surface area contributed by atoms with Gasteiger partial charge in [0.1, 0.15) is 0 Å². The Bertz CT molecular complexity index is 527. The average molecular weight is 387 g/mol. The third-order valence-electron chi connectivity index (χ3n) is 4.62. The van der Waals surface area contributed by atoms with Crippen molar-refractivity contribution in [3.63, 3.8) is 0 Å². The lowest BCUT2D eigenvalue weighted by molar-refractivity contribution is 0.275. The van der Waals surface area contributed by atoms with Gasteiger partial charge in [0.2, 0.25) is 0 Å². The molecule has 2 aliphatic rings. The Hall–Kier alpha value is -1.21. The van der Waals surface area contributed by atoms with Crippen molar-refractivity contribution < 1.29 is 8.85 Å². The van der Waals surface area contributed by atoms with E-state index in [4.69, 9.17) is 8.85 Å². The zero-order chi connectivity index (χ0) is 18.5. The van der Waals surface area contributed by atoms with Crippen LogP contribution in [-0.2, 0) is 8.85 Å². The van der Waals surface area contributed by atoms with Gasteiger partial charge in [0.15, 0.2) is 18.1 Å². The molecule has 142 valence electrons. The topological polar surface area (TPSA) is 18.5 Å². The molecule has 2 heterocycles. The molecule has 0 amide bonds. The van der Waals surface area contributed by atoms with Crippen molar-refractivity contribution in [2.24, 2.45) is 0 Å². The van der Waals surface area contributed by atoms with Crippen molar-refractivity contribution in [3.05, 3.63) is 60.7 Å². The molecule has 2 aliphatic heterocycles. The molecular weight excluding hydrogens is 352 g/mol. The number of hydrogen-bond acceptors (Lipinski definition) is 2. The molecule has 2 saturated heterocycles. The van der Waals surface area contributed by atoms with Gasteiger partial charge in [-0.15, -0.1) is 0 Å². The fourth-order valence-corrected chi connectivity index (χ4v) is 6.13. The van der Waals surface area contributed by atoms with E-state index in [2.05, 4.69) is 61.6 Å². The Kier molecular flexibility index (Phi) is 9.92. The highest BCUT2D eigenvalue weighted by Crippen LogP contribution is 2.20. The summed E-state index contributed by atoms with van der Waals surface area (Å²) in [5.74, 6) is 0. The van der Waals surface area contributed by atoms with E-state index >= 15 is 0 Å². The number of hydrogen-bond donors (Lipinski definition) is 0. The summed E-state index contributed by atoms with van der Waals surface area (Å²) in [6.07, 6.45) is 5.44. The predicted octanol–water partition coefficient (Wildman–Crippen LogP) is 5.65. The van der Waals surface area contributed by atoms with Crippen LogP contribution in [0.4, 0.5) is 0 Å². The van der Waals surface area contributed by atoms with E-state index in [1.165, 1.54) is 48.9 Å². The van der Waals surface area contributed by atoms with E-state index in [-0.39, 0.29) is 9.76 Å². The molecule has 26 heavy (non-hydrogen) atoms. The van der Waals surface area contributed by atoms with E-state index in [0.29, 0.717) is 0 Å². The molecule has 0 N–H and O–H groups in total. The van der Waals surface area contributed by atoms with Crippen LogP contribution in [0.15, 0.2) is 60.7 Å². The van der Waals surface area contributed by atoms with Crippen LogP contribution in [0, 0.1) is 0 Å². The van der Waals surface area contributed by atoms with Gasteiger partial charge in [-0.3, -0.25) is 0 Å². The third-order valence-corrected chi connectivity index (χ3v) is 8.53. The second kappa shape index (κ2) is 12.2. The number of rotatable bonds is 1. The summed E-state index contributed by atoms with van der Waals surface area (Å²) >= 11 is 0. The van der Waals surface area contributed by atoms with E-state index in [0.717, 1.165) is 13.2 Å².